The first-order valence-corrected chi connectivity index (χ1v) is 8.28. The zero-order chi connectivity index (χ0) is 19.7. The van der Waals surface area contributed by atoms with Crippen molar-refractivity contribution in [2.75, 3.05) is 0 Å². The van der Waals surface area contributed by atoms with E-state index in [9.17, 15) is 18.0 Å². The molecule has 0 aliphatic rings. The van der Waals surface area contributed by atoms with Gasteiger partial charge in [-0.3, -0.25) is 4.79 Å². The van der Waals surface area contributed by atoms with Crippen LogP contribution in [-0.2, 0) is 0 Å². The van der Waals surface area contributed by atoms with E-state index in [0.717, 1.165) is 6.07 Å². The number of ketones is 1. The van der Waals surface area contributed by atoms with Crippen molar-refractivity contribution in [2.45, 2.75) is 6.92 Å². The number of Topliss-reactive ketones (excluding diaryl/α,β-unsaturated/α-hetero) is 1. The van der Waals surface area contributed by atoms with Crippen molar-refractivity contribution in [3.05, 3.63) is 94.4 Å². The molecule has 0 saturated carbocycles. The Morgan fingerprint density at radius 2 is 1.70 bits per heavy atom. The molecule has 0 unspecified atom stereocenters. The van der Waals surface area contributed by atoms with Gasteiger partial charge in [-0.1, -0.05) is 48.5 Å². The summed E-state index contributed by atoms with van der Waals surface area (Å²) in [4.78, 5) is 16.0. The van der Waals surface area contributed by atoms with Crippen LogP contribution in [0.15, 0.2) is 55.1 Å². The van der Waals surface area contributed by atoms with Crippen LogP contribution in [0.5, 0.6) is 0 Å². The predicted molar refractivity (Wildman–Crippen MR) is 99.1 cm³/mol. The second-order valence-corrected chi connectivity index (χ2v) is 6.27. The van der Waals surface area contributed by atoms with Crippen LogP contribution in [0.3, 0.4) is 0 Å². The molecular weight excluding hydrogens is 375 g/mol. The first-order valence-electron chi connectivity index (χ1n) is 7.90. The Bertz CT molecular complexity index is 1060. The molecule has 27 heavy (non-hydrogen) atoms. The van der Waals surface area contributed by atoms with Gasteiger partial charge in [0, 0.05) is 17.2 Å². The van der Waals surface area contributed by atoms with E-state index in [-0.39, 0.29) is 21.8 Å². The second kappa shape index (κ2) is 7.37. The van der Waals surface area contributed by atoms with E-state index in [1.54, 1.807) is 24.3 Å². The number of nitrogens with zero attached hydrogens (tertiary/aromatic N) is 1. The molecule has 0 N–H and O–H groups in total. The van der Waals surface area contributed by atoms with Crippen molar-refractivity contribution in [1.29, 1.82) is 0 Å². The molecule has 2 aromatic carbocycles. The van der Waals surface area contributed by atoms with Crippen molar-refractivity contribution >= 4 is 23.0 Å². The van der Waals surface area contributed by atoms with Crippen molar-refractivity contribution in [3.8, 4) is 11.3 Å². The standard InChI is InChI=1S/C21H13ClF3NO/c1-11(13-6-4-3-5-7-13)19-9-14(12(2)27)20(25)21(26-19)15-8-16(22)18(24)10-17(15)23/h3-10H,1H2,2H3. The SMILES string of the molecule is C=C(c1ccccc1)c1cc(C(C)=O)c(F)c(-c2cc(Cl)c(F)cc2F)n1. The molecule has 0 fully saturated rings. The van der Waals surface area contributed by atoms with E-state index in [2.05, 4.69) is 11.6 Å². The predicted octanol–water partition coefficient (Wildman–Crippen LogP) is 6.08. The van der Waals surface area contributed by atoms with E-state index in [0.29, 0.717) is 17.2 Å². The minimum atomic E-state index is -1.04. The zero-order valence-electron chi connectivity index (χ0n) is 14.2. The van der Waals surface area contributed by atoms with Crippen molar-refractivity contribution in [3.63, 3.8) is 0 Å². The average Bonchev–Trinajstić information content (AvgIpc) is 2.65. The van der Waals surface area contributed by atoms with Crippen molar-refractivity contribution in [2.24, 2.45) is 0 Å². The van der Waals surface area contributed by atoms with Crippen LogP contribution in [-0.4, -0.2) is 10.8 Å². The Hall–Kier alpha value is -2.92. The molecule has 0 radical (unpaired) electrons. The molecule has 0 amide bonds. The maximum Gasteiger partial charge on any atom is 0.162 e. The summed E-state index contributed by atoms with van der Waals surface area (Å²) >= 11 is 5.71. The van der Waals surface area contributed by atoms with E-state index < -0.39 is 28.9 Å². The molecular formula is C21H13ClF3NO. The molecule has 1 aromatic heterocycles. The third-order valence-corrected chi connectivity index (χ3v) is 4.32. The number of hydrogen-bond acceptors (Lipinski definition) is 2. The monoisotopic (exact) mass is 387 g/mol. The molecule has 0 aliphatic carbocycles. The molecule has 0 atom stereocenters. The third-order valence-electron chi connectivity index (χ3n) is 4.03. The van der Waals surface area contributed by atoms with Gasteiger partial charge in [0.2, 0.25) is 0 Å². The molecule has 0 spiro atoms. The maximum atomic E-state index is 14.9. The summed E-state index contributed by atoms with van der Waals surface area (Å²) in [6.45, 7) is 5.12. The fraction of sp³-hybridized carbons (Fsp3) is 0.0476. The molecule has 3 aromatic rings. The molecule has 136 valence electrons. The number of hydrogen-bond donors (Lipinski definition) is 0. The third kappa shape index (κ3) is 3.64. The highest BCUT2D eigenvalue weighted by atomic mass is 35.5. The Morgan fingerprint density at radius 1 is 1.04 bits per heavy atom. The minimum Gasteiger partial charge on any atom is -0.294 e. The molecule has 1 heterocycles. The van der Waals surface area contributed by atoms with Gasteiger partial charge < -0.3 is 0 Å². The van der Waals surface area contributed by atoms with Crippen molar-refractivity contribution < 1.29 is 18.0 Å². The van der Waals surface area contributed by atoms with Gasteiger partial charge in [-0.25, -0.2) is 18.2 Å². The highest BCUT2D eigenvalue weighted by Crippen LogP contribution is 2.32. The normalized spacial score (nSPS) is 10.7. The summed E-state index contributed by atoms with van der Waals surface area (Å²) in [5.41, 5.74) is 0.274. The van der Waals surface area contributed by atoms with Gasteiger partial charge in [0.25, 0.3) is 0 Å². The van der Waals surface area contributed by atoms with Crippen LogP contribution in [0.2, 0.25) is 5.02 Å². The summed E-state index contributed by atoms with van der Waals surface area (Å²) in [7, 11) is 0. The Kier molecular flexibility index (Phi) is 5.15. The average molecular weight is 388 g/mol. The number of benzene rings is 2. The maximum absolute atomic E-state index is 14.9. The summed E-state index contributed by atoms with van der Waals surface area (Å²) in [5.74, 6) is -3.59. The van der Waals surface area contributed by atoms with Crippen LogP contribution in [0, 0.1) is 17.5 Å². The second-order valence-electron chi connectivity index (χ2n) is 5.86. The number of pyridine rings is 1. The van der Waals surface area contributed by atoms with Gasteiger partial charge in [-0.15, -0.1) is 0 Å². The summed E-state index contributed by atoms with van der Waals surface area (Å²) in [6.07, 6.45) is 0. The molecule has 0 saturated heterocycles. The lowest BCUT2D eigenvalue weighted by Gasteiger charge is -2.13. The lowest BCUT2D eigenvalue weighted by Crippen LogP contribution is -2.06. The highest BCUT2D eigenvalue weighted by Gasteiger charge is 2.22. The van der Waals surface area contributed by atoms with Crippen LogP contribution in [0.4, 0.5) is 13.2 Å². The smallest absolute Gasteiger partial charge is 0.162 e. The topological polar surface area (TPSA) is 30.0 Å². The van der Waals surface area contributed by atoms with E-state index in [1.807, 2.05) is 6.07 Å². The lowest BCUT2D eigenvalue weighted by atomic mass is 9.99. The van der Waals surface area contributed by atoms with Gasteiger partial charge in [0.1, 0.15) is 17.3 Å². The van der Waals surface area contributed by atoms with Gasteiger partial charge >= 0.3 is 0 Å². The Labute approximate surface area is 158 Å². The molecule has 6 heteroatoms. The van der Waals surface area contributed by atoms with Crippen molar-refractivity contribution in [1.82, 2.24) is 4.98 Å². The summed E-state index contributed by atoms with van der Waals surface area (Å²) in [5, 5.41) is -0.385. The molecule has 0 bridgehead atoms. The molecule has 2 nitrogen and oxygen atoms in total. The van der Waals surface area contributed by atoms with Crippen LogP contribution in [0.1, 0.15) is 28.5 Å². The van der Waals surface area contributed by atoms with Gasteiger partial charge in [-0.05, 0) is 24.6 Å². The van der Waals surface area contributed by atoms with E-state index >= 15 is 0 Å². The van der Waals surface area contributed by atoms with Crippen LogP contribution < -0.4 is 0 Å². The van der Waals surface area contributed by atoms with Gasteiger partial charge in [-0.2, -0.15) is 0 Å². The lowest BCUT2D eigenvalue weighted by molar-refractivity contribution is 0.101. The Morgan fingerprint density at radius 3 is 2.33 bits per heavy atom. The van der Waals surface area contributed by atoms with Gasteiger partial charge in [0.05, 0.1) is 16.3 Å². The highest BCUT2D eigenvalue weighted by molar-refractivity contribution is 6.31. The summed E-state index contributed by atoms with van der Waals surface area (Å²) < 4.78 is 42.6. The zero-order valence-corrected chi connectivity index (χ0v) is 14.9. The number of carbonyl (C=O) groups is 1. The summed E-state index contributed by atoms with van der Waals surface area (Å²) in [6, 6.07) is 11.7. The fourth-order valence-corrected chi connectivity index (χ4v) is 2.77. The van der Waals surface area contributed by atoms with Gasteiger partial charge in [0.15, 0.2) is 11.6 Å². The number of halogens is 4. The van der Waals surface area contributed by atoms with E-state index in [1.165, 1.54) is 13.0 Å². The van der Waals surface area contributed by atoms with Crippen LogP contribution in [0.25, 0.3) is 16.8 Å². The fourth-order valence-electron chi connectivity index (χ4n) is 2.61. The first-order chi connectivity index (χ1) is 12.8. The number of aromatic nitrogens is 1. The number of carbonyl (C=O) groups excluding carboxylic acids is 1. The quantitative estimate of drug-likeness (QED) is 0.401. The van der Waals surface area contributed by atoms with E-state index in [4.69, 9.17) is 11.6 Å². The minimum absolute atomic E-state index is 0.197. The first kappa shape index (κ1) is 18.9. The van der Waals surface area contributed by atoms with Crippen LogP contribution >= 0.6 is 11.6 Å². The molecule has 0 aliphatic heterocycles. The largest absolute Gasteiger partial charge is 0.294 e. The molecule has 3 rings (SSSR count). The Balaban J connectivity index is 2.26. The number of rotatable bonds is 4.